The zero-order valence-corrected chi connectivity index (χ0v) is 7.73. The topological polar surface area (TPSA) is 123 Å². The van der Waals surface area contributed by atoms with E-state index in [1.54, 1.807) is 0 Å². The number of carboxylic acid groups (broad SMARTS) is 1. The van der Waals surface area contributed by atoms with Crippen LogP contribution < -0.4 is 11.5 Å². The van der Waals surface area contributed by atoms with E-state index in [0.717, 1.165) is 0 Å². The molecule has 80 valence electrons. The first-order chi connectivity index (χ1) is 6.43. The highest BCUT2D eigenvalue weighted by molar-refractivity contribution is 5.88. The number of aliphatic carboxylic acids is 1. The van der Waals surface area contributed by atoms with Crippen LogP contribution in [0.1, 0.15) is 25.7 Å². The van der Waals surface area contributed by atoms with Crippen LogP contribution in [-0.2, 0) is 14.4 Å². The first-order valence-corrected chi connectivity index (χ1v) is 4.22. The third-order valence-corrected chi connectivity index (χ3v) is 1.70. The number of ketones is 1. The van der Waals surface area contributed by atoms with Gasteiger partial charge in [-0.1, -0.05) is 0 Å². The van der Waals surface area contributed by atoms with E-state index in [4.69, 9.17) is 16.6 Å². The molecule has 14 heavy (non-hydrogen) atoms. The number of carbonyl (C=O) groups is 3. The second kappa shape index (κ2) is 6.09. The molecule has 0 spiro atoms. The number of amides is 1. The lowest BCUT2D eigenvalue weighted by atomic mass is 10.0. The Morgan fingerprint density at radius 3 is 2.14 bits per heavy atom. The molecular weight excluding hydrogens is 188 g/mol. The SMILES string of the molecule is NC(=O)CCC(=O)[C@@H](N)CCC(=O)O. The summed E-state index contributed by atoms with van der Waals surface area (Å²) in [5, 5.41) is 8.32. The van der Waals surface area contributed by atoms with Gasteiger partial charge >= 0.3 is 5.97 Å². The summed E-state index contributed by atoms with van der Waals surface area (Å²) in [4.78, 5) is 31.6. The van der Waals surface area contributed by atoms with E-state index >= 15 is 0 Å². The van der Waals surface area contributed by atoms with Crippen molar-refractivity contribution in [2.75, 3.05) is 0 Å². The molecule has 6 nitrogen and oxygen atoms in total. The van der Waals surface area contributed by atoms with Crippen LogP contribution in [0.5, 0.6) is 0 Å². The van der Waals surface area contributed by atoms with Crippen molar-refractivity contribution in [1.29, 1.82) is 0 Å². The Kier molecular flexibility index (Phi) is 5.47. The van der Waals surface area contributed by atoms with Crippen LogP contribution in [0, 0.1) is 0 Å². The Morgan fingerprint density at radius 2 is 1.71 bits per heavy atom. The van der Waals surface area contributed by atoms with Gasteiger partial charge in [-0.3, -0.25) is 14.4 Å². The van der Waals surface area contributed by atoms with Crippen LogP contribution in [0.4, 0.5) is 0 Å². The molecule has 0 aromatic rings. The number of carbonyl (C=O) groups excluding carboxylic acids is 2. The van der Waals surface area contributed by atoms with E-state index < -0.39 is 17.9 Å². The van der Waals surface area contributed by atoms with Gasteiger partial charge in [0, 0.05) is 19.3 Å². The second-order valence-electron chi connectivity index (χ2n) is 2.97. The molecule has 0 rings (SSSR count). The molecule has 6 heteroatoms. The first kappa shape index (κ1) is 12.6. The van der Waals surface area contributed by atoms with E-state index in [9.17, 15) is 14.4 Å². The summed E-state index contributed by atoms with van der Waals surface area (Å²) in [6.07, 6.45) is -0.119. The van der Waals surface area contributed by atoms with Crippen molar-refractivity contribution < 1.29 is 19.5 Å². The van der Waals surface area contributed by atoms with Crippen molar-refractivity contribution in [3.8, 4) is 0 Å². The monoisotopic (exact) mass is 202 g/mol. The van der Waals surface area contributed by atoms with Crippen molar-refractivity contribution in [1.82, 2.24) is 0 Å². The molecule has 0 unspecified atom stereocenters. The average Bonchev–Trinajstić information content (AvgIpc) is 2.09. The standard InChI is InChI=1S/C8H14N2O4/c9-5(1-4-8(13)14)6(11)2-3-7(10)12/h5H,1-4,9H2,(H2,10,12)(H,13,14)/t5-/m0/s1. The molecule has 0 heterocycles. The van der Waals surface area contributed by atoms with Gasteiger partial charge in [0.15, 0.2) is 0 Å². The summed E-state index contributed by atoms with van der Waals surface area (Å²) in [6.45, 7) is 0. The van der Waals surface area contributed by atoms with Gasteiger partial charge in [0.2, 0.25) is 5.91 Å². The molecule has 5 N–H and O–H groups in total. The molecule has 0 aliphatic carbocycles. The first-order valence-electron chi connectivity index (χ1n) is 4.22. The fourth-order valence-electron chi connectivity index (χ4n) is 0.872. The third kappa shape index (κ3) is 6.13. The van der Waals surface area contributed by atoms with Gasteiger partial charge in [-0.15, -0.1) is 0 Å². The number of hydrogen-bond acceptors (Lipinski definition) is 4. The van der Waals surface area contributed by atoms with Crippen molar-refractivity contribution >= 4 is 17.7 Å². The fourth-order valence-corrected chi connectivity index (χ4v) is 0.872. The van der Waals surface area contributed by atoms with Crippen molar-refractivity contribution in [2.24, 2.45) is 11.5 Å². The Bertz CT molecular complexity index is 239. The molecule has 0 fully saturated rings. The quantitative estimate of drug-likeness (QED) is 0.489. The minimum atomic E-state index is -0.997. The molecular formula is C8H14N2O4. The number of nitrogens with two attached hydrogens (primary N) is 2. The maximum absolute atomic E-state index is 11.1. The summed E-state index contributed by atoms with van der Waals surface area (Å²) in [6, 6.07) is -0.814. The molecule has 1 amide bonds. The molecule has 0 aromatic heterocycles. The Hall–Kier alpha value is -1.43. The second-order valence-corrected chi connectivity index (χ2v) is 2.97. The Balaban J connectivity index is 3.76. The van der Waals surface area contributed by atoms with Gasteiger partial charge in [-0.25, -0.2) is 0 Å². The largest absolute Gasteiger partial charge is 0.481 e. The smallest absolute Gasteiger partial charge is 0.303 e. The van der Waals surface area contributed by atoms with Crippen LogP contribution in [0.2, 0.25) is 0 Å². The zero-order chi connectivity index (χ0) is 11.1. The lowest BCUT2D eigenvalue weighted by Crippen LogP contribution is -2.31. The minimum Gasteiger partial charge on any atom is -0.481 e. The van der Waals surface area contributed by atoms with E-state index in [1.807, 2.05) is 0 Å². The molecule has 1 atom stereocenters. The summed E-state index contributed by atoms with van der Waals surface area (Å²) in [5.41, 5.74) is 10.2. The van der Waals surface area contributed by atoms with Crippen molar-refractivity contribution in [3.05, 3.63) is 0 Å². The van der Waals surface area contributed by atoms with E-state index in [0.29, 0.717) is 0 Å². The lowest BCUT2D eigenvalue weighted by molar-refractivity contribution is -0.137. The molecule has 0 aliphatic rings. The maximum atomic E-state index is 11.1. The van der Waals surface area contributed by atoms with Gasteiger partial charge in [-0.05, 0) is 6.42 Å². The van der Waals surface area contributed by atoms with E-state index in [2.05, 4.69) is 0 Å². The number of Topliss-reactive ketones (excluding diaryl/α,β-unsaturated/α-hetero) is 1. The van der Waals surface area contributed by atoms with Gasteiger partial charge in [-0.2, -0.15) is 0 Å². The van der Waals surface area contributed by atoms with Gasteiger partial charge < -0.3 is 16.6 Å². The molecule has 0 bridgehead atoms. The van der Waals surface area contributed by atoms with Crippen LogP contribution in [-0.4, -0.2) is 28.8 Å². The molecule has 0 saturated carbocycles. The summed E-state index contributed by atoms with van der Waals surface area (Å²) in [7, 11) is 0. The normalized spacial score (nSPS) is 12.1. The molecule has 0 aromatic carbocycles. The Morgan fingerprint density at radius 1 is 1.14 bits per heavy atom. The van der Waals surface area contributed by atoms with Gasteiger partial charge in [0.1, 0.15) is 5.78 Å². The van der Waals surface area contributed by atoms with E-state index in [-0.39, 0.29) is 31.5 Å². The van der Waals surface area contributed by atoms with Crippen molar-refractivity contribution in [2.45, 2.75) is 31.7 Å². The Labute approximate surface area is 81.3 Å². The summed E-state index contributed by atoms with van der Waals surface area (Å²) >= 11 is 0. The maximum Gasteiger partial charge on any atom is 0.303 e. The third-order valence-electron chi connectivity index (χ3n) is 1.70. The summed E-state index contributed by atoms with van der Waals surface area (Å²) < 4.78 is 0. The number of rotatable bonds is 7. The van der Waals surface area contributed by atoms with Crippen molar-refractivity contribution in [3.63, 3.8) is 0 Å². The fraction of sp³-hybridized carbons (Fsp3) is 0.625. The van der Waals surface area contributed by atoms with Crippen LogP contribution >= 0.6 is 0 Å². The highest BCUT2D eigenvalue weighted by Gasteiger charge is 2.15. The zero-order valence-electron chi connectivity index (χ0n) is 7.73. The highest BCUT2D eigenvalue weighted by Crippen LogP contribution is 2.00. The predicted octanol–water partition coefficient (Wildman–Crippen LogP) is -0.987. The number of carboxylic acids is 1. The number of primary amides is 1. The lowest BCUT2D eigenvalue weighted by Gasteiger charge is -2.07. The molecule has 0 radical (unpaired) electrons. The van der Waals surface area contributed by atoms with E-state index in [1.165, 1.54) is 0 Å². The predicted molar refractivity (Wildman–Crippen MR) is 48.3 cm³/mol. The highest BCUT2D eigenvalue weighted by atomic mass is 16.4. The van der Waals surface area contributed by atoms with Gasteiger partial charge in [0.25, 0.3) is 0 Å². The van der Waals surface area contributed by atoms with Crippen LogP contribution in [0.3, 0.4) is 0 Å². The van der Waals surface area contributed by atoms with Crippen LogP contribution in [0.25, 0.3) is 0 Å². The molecule has 0 saturated heterocycles. The summed E-state index contributed by atoms with van der Waals surface area (Å²) in [5.74, 6) is -1.89. The number of hydrogen-bond donors (Lipinski definition) is 3. The molecule has 0 aliphatic heterocycles. The minimum absolute atomic E-state index is 0.0177. The van der Waals surface area contributed by atoms with Crippen LogP contribution in [0.15, 0.2) is 0 Å². The average molecular weight is 202 g/mol. The van der Waals surface area contributed by atoms with Gasteiger partial charge in [0.05, 0.1) is 6.04 Å².